The van der Waals surface area contributed by atoms with Gasteiger partial charge < -0.3 is 5.32 Å². The Labute approximate surface area is 140 Å². The van der Waals surface area contributed by atoms with Crippen LogP contribution < -0.4 is 5.32 Å². The van der Waals surface area contributed by atoms with Gasteiger partial charge in [0.15, 0.2) is 11.5 Å². The number of carbonyl (C=O) groups excluding carboxylic acids is 1. The van der Waals surface area contributed by atoms with E-state index in [1.165, 1.54) is 23.0 Å². The Morgan fingerprint density at radius 3 is 2.96 bits per heavy atom. The number of nitrogens with zero attached hydrogens (tertiary/aromatic N) is 4. The molecule has 0 fully saturated rings. The van der Waals surface area contributed by atoms with Crippen LogP contribution in [0.2, 0.25) is 0 Å². The first kappa shape index (κ1) is 15.4. The van der Waals surface area contributed by atoms with Gasteiger partial charge >= 0.3 is 0 Å². The van der Waals surface area contributed by atoms with Gasteiger partial charge in [-0.3, -0.25) is 4.79 Å². The van der Waals surface area contributed by atoms with Gasteiger partial charge in [-0.15, -0.1) is 0 Å². The van der Waals surface area contributed by atoms with Crippen molar-refractivity contribution >= 4 is 5.91 Å². The standard InChI is InChI=1S/C16H13F2N5O2/c17-9-4-5-15(11(18)6-9)23-14-3-1-2-12(10(14)7-19-23)21-16(24)13-8-20-25-22-13/h4-8,12H,1-3H2,(H,21,24). The van der Waals surface area contributed by atoms with Crippen molar-refractivity contribution in [3.8, 4) is 5.69 Å². The molecule has 0 spiro atoms. The molecule has 7 nitrogen and oxygen atoms in total. The molecule has 1 aromatic carbocycles. The molecule has 0 bridgehead atoms. The second-order valence-corrected chi connectivity index (χ2v) is 5.77. The highest BCUT2D eigenvalue weighted by atomic mass is 19.1. The fourth-order valence-corrected chi connectivity index (χ4v) is 3.06. The van der Waals surface area contributed by atoms with Gasteiger partial charge in [0.25, 0.3) is 5.91 Å². The topological polar surface area (TPSA) is 85.8 Å². The molecule has 25 heavy (non-hydrogen) atoms. The lowest BCUT2D eigenvalue weighted by molar-refractivity contribution is 0.0922. The molecule has 4 rings (SSSR count). The molecule has 1 unspecified atom stereocenters. The summed E-state index contributed by atoms with van der Waals surface area (Å²) in [7, 11) is 0. The molecular formula is C16H13F2N5O2. The smallest absolute Gasteiger partial charge is 0.275 e. The van der Waals surface area contributed by atoms with Crippen molar-refractivity contribution in [2.75, 3.05) is 0 Å². The zero-order valence-electron chi connectivity index (χ0n) is 12.9. The lowest BCUT2D eigenvalue weighted by Crippen LogP contribution is -2.31. The van der Waals surface area contributed by atoms with Crippen LogP contribution in [0.3, 0.4) is 0 Å². The Kier molecular flexibility index (Phi) is 3.75. The molecule has 0 aliphatic heterocycles. The van der Waals surface area contributed by atoms with Gasteiger partial charge in [-0.1, -0.05) is 5.16 Å². The molecule has 1 aliphatic carbocycles. The summed E-state index contributed by atoms with van der Waals surface area (Å²) in [6.07, 6.45) is 5.04. The summed E-state index contributed by atoms with van der Waals surface area (Å²) in [5.41, 5.74) is 1.86. The fourth-order valence-electron chi connectivity index (χ4n) is 3.06. The van der Waals surface area contributed by atoms with Crippen LogP contribution in [0.25, 0.3) is 5.69 Å². The number of carbonyl (C=O) groups is 1. The minimum Gasteiger partial charge on any atom is -0.344 e. The normalized spacial score (nSPS) is 16.5. The lowest BCUT2D eigenvalue weighted by Gasteiger charge is -2.23. The van der Waals surface area contributed by atoms with E-state index in [1.807, 2.05) is 0 Å². The number of hydrogen-bond donors (Lipinski definition) is 1. The largest absolute Gasteiger partial charge is 0.344 e. The Balaban J connectivity index is 1.65. The number of hydrogen-bond acceptors (Lipinski definition) is 5. The van der Waals surface area contributed by atoms with Crippen molar-refractivity contribution < 1.29 is 18.2 Å². The van der Waals surface area contributed by atoms with Gasteiger partial charge in [-0.2, -0.15) is 5.10 Å². The van der Waals surface area contributed by atoms with Crippen LogP contribution in [-0.4, -0.2) is 26.0 Å². The van der Waals surface area contributed by atoms with Gasteiger partial charge in [-0.05, 0) is 36.6 Å². The Hall–Kier alpha value is -3.10. The number of halogens is 2. The number of amides is 1. The third-order valence-electron chi connectivity index (χ3n) is 4.22. The second-order valence-electron chi connectivity index (χ2n) is 5.77. The minimum atomic E-state index is -0.689. The van der Waals surface area contributed by atoms with E-state index >= 15 is 0 Å². The van der Waals surface area contributed by atoms with E-state index < -0.39 is 17.5 Å². The Morgan fingerprint density at radius 2 is 2.20 bits per heavy atom. The van der Waals surface area contributed by atoms with Crippen LogP contribution in [0, 0.1) is 11.6 Å². The van der Waals surface area contributed by atoms with Crippen LogP contribution >= 0.6 is 0 Å². The number of nitrogens with one attached hydrogen (secondary N) is 1. The number of aromatic nitrogens is 4. The van der Waals surface area contributed by atoms with Crippen LogP contribution in [0.15, 0.2) is 35.2 Å². The van der Waals surface area contributed by atoms with Crippen molar-refractivity contribution in [3.63, 3.8) is 0 Å². The predicted molar refractivity (Wildman–Crippen MR) is 80.9 cm³/mol. The molecule has 0 saturated heterocycles. The number of benzene rings is 1. The van der Waals surface area contributed by atoms with E-state index in [2.05, 4.69) is 25.4 Å². The summed E-state index contributed by atoms with van der Waals surface area (Å²) in [6.45, 7) is 0. The molecule has 0 radical (unpaired) electrons. The number of fused-ring (bicyclic) bond motifs is 1. The molecule has 1 atom stereocenters. The monoisotopic (exact) mass is 345 g/mol. The van der Waals surface area contributed by atoms with Gasteiger partial charge in [-0.25, -0.2) is 18.1 Å². The first-order valence-electron chi connectivity index (χ1n) is 7.74. The van der Waals surface area contributed by atoms with E-state index in [-0.39, 0.29) is 17.4 Å². The van der Waals surface area contributed by atoms with Crippen LogP contribution in [0.5, 0.6) is 0 Å². The summed E-state index contributed by atoms with van der Waals surface area (Å²) >= 11 is 0. The molecular weight excluding hydrogens is 332 g/mol. The fraction of sp³-hybridized carbons (Fsp3) is 0.250. The first-order valence-corrected chi connectivity index (χ1v) is 7.74. The highest BCUT2D eigenvalue weighted by Crippen LogP contribution is 2.31. The summed E-state index contributed by atoms with van der Waals surface area (Å²) in [6, 6.07) is 3.08. The highest BCUT2D eigenvalue weighted by Gasteiger charge is 2.27. The third kappa shape index (κ3) is 2.77. The molecule has 128 valence electrons. The van der Waals surface area contributed by atoms with E-state index in [0.717, 1.165) is 30.2 Å². The third-order valence-corrected chi connectivity index (χ3v) is 4.22. The van der Waals surface area contributed by atoms with Gasteiger partial charge in [0.2, 0.25) is 0 Å². The zero-order chi connectivity index (χ0) is 17.4. The van der Waals surface area contributed by atoms with Crippen LogP contribution in [0.4, 0.5) is 8.78 Å². The minimum absolute atomic E-state index is 0.0871. The van der Waals surface area contributed by atoms with Crippen LogP contribution in [0.1, 0.15) is 40.6 Å². The molecule has 1 amide bonds. The second kappa shape index (κ2) is 6.08. The molecule has 3 aromatic rings. The molecule has 1 N–H and O–H groups in total. The van der Waals surface area contributed by atoms with Gasteiger partial charge in [0.1, 0.15) is 17.7 Å². The number of rotatable bonds is 3. The van der Waals surface area contributed by atoms with Crippen LogP contribution in [-0.2, 0) is 6.42 Å². The average molecular weight is 345 g/mol. The Bertz CT molecular complexity index is 923. The first-order chi connectivity index (χ1) is 12.1. The van der Waals surface area contributed by atoms with E-state index in [4.69, 9.17) is 0 Å². The predicted octanol–water partition coefficient (Wildman–Crippen LogP) is 2.34. The van der Waals surface area contributed by atoms with Gasteiger partial charge in [0.05, 0.1) is 12.2 Å². The zero-order valence-corrected chi connectivity index (χ0v) is 12.9. The van der Waals surface area contributed by atoms with Gasteiger partial charge in [0, 0.05) is 17.3 Å². The maximum absolute atomic E-state index is 14.1. The summed E-state index contributed by atoms with van der Waals surface area (Å²) in [5, 5.41) is 14.0. The lowest BCUT2D eigenvalue weighted by atomic mass is 9.92. The Morgan fingerprint density at radius 1 is 1.32 bits per heavy atom. The van der Waals surface area contributed by atoms with E-state index in [9.17, 15) is 13.6 Å². The SMILES string of the molecule is O=C(NC1CCCc2c1cnn2-c1ccc(F)cc1F)c1cnon1. The maximum Gasteiger partial charge on any atom is 0.275 e. The van der Waals surface area contributed by atoms with Crippen molar-refractivity contribution in [1.29, 1.82) is 0 Å². The summed E-state index contributed by atoms with van der Waals surface area (Å²) in [4.78, 5) is 12.1. The van der Waals surface area contributed by atoms with Crippen molar-refractivity contribution in [3.05, 3.63) is 59.2 Å². The quantitative estimate of drug-likeness (QED) is 0.787. The van der Waals surface area contributed by atoms with Crippen molar-refractivity contribution in [1.82, 2.24) is 25.4 Å². The molecule has 0 saturated carbocycles. The molecule has 9 heteroatoms. The van der Waals surface area contributed by atoms with Crippen molar-refractivity contribution in [2.24, 2.45) is 0 Å². The molecule has 2 heterocycles. The van der Waals surface area contributed by atoms with E-state index in [1.54, 1.807) is 6.20 Å². The maximum atomic E-state index is 14.1. The summed E-state index contributed by atoms with van der Waals surface area (Å²) < 4.78 is 33.1. The molecule has 1 aliphatic rings. The molecule has 2 aromatic heterocycles. The highest BCUT2D eigenvalue weighted by molar-refractivity contribution is 5.92. The average Bonchev–Trinajstić information content (AvgIpc) is 3.25. The van der Waals surface area contributed by atoms with Crippen molar-refractivity contribution in [2.45, 2.75) is 25.3 Å². The van der Waals surface area contributed by atoms with E-state index in [0.29, 0.717) is 6.42 Å². The summed E-state index contributed by atoms with van der Waals surface area (Å²) in [5.74, 6) is -1.74.